The average molecular weight is 290 g/mol. The lowest BCUT2D eigenvalue weighted by molar-refractivity contribution is 0.133. The van der Waals surface area contributed by atoms with Gasteiger partial charge in [0, 0.05) is 43.0 Å². The van der Waals surface area contributed by atoms with E-state index in [1.807, 2.05) is 4.68 Å². The molecule has 1 aromatic rings. The standard InChI is InChI=1S/C17H30N4/c1-5-8-21(11-17-12(2)19-20(4)13(17)3)16-9-14-6-7-15(10-16)18-14/h14-16,18H,5-11H2,1-4H3. The summed E-state index contributed by atoms with van der Waals surface area (Å²) in [5, 5.41) is 8.35. The third-order valence-corrected chi connectivity index (χ3v) is 5.50. The molecule has 0 amide bonds. The van der Waals surface area contributed by atoms with Crippen LogP contribution in [0.25, 0.3) is 0 Å². The predicted octanol–water partition coefficient (Wildman–Crippen LogP) is 2.53. The van der Waals surface area contributed by atoms with E-state index in [-0.39, 0.29) is 0 Å². The maximum Gasteiger partial charge on any atom is 0.0641 e. The summed E-state index contributed by atoms with van der Waals surface area (Å²) in [6.07, 6.45) is 6.65. The highest BCUT2D eigenvalue weighted by Gasteiger charge is 2.36. The summed E-state index contributed by atoms with van der Waals surface area (Å²) in [4.78, 5) is 2.73. The van der Waals surface area contributed by atoms with Crippen LogP contribution in [0.1, 0.15) is 56.0 Å². The monoisotopic (exact) mass is 290 g/mol. The van der Waals surface area contributed by atoms with Crippen molar-refractivity contribution in [1.82, 2.24) is 20.0 Å². The number of nitrogens with zero attached hydrogens (tertiary/aromatic N) is 3. The smallest absolute Gasteiger partial charge is 0.0641 e. The molecule has 2 bridgehead atoms. The Kier molecular flexibility index (Phi) is 4.36. The van der Waals surface area contributed by atoms with Crippen molar-refractivity contribution in [2.45, 2.75) is 77.5 Å². The molecule has 0 saturated carbocycles. The largest absolute Gasteiger partial charge is 0.311 e. The van der Waals surface area contributed by atoms with Crippen LogP contribution in [-0.4, -0.2) is 39.4 Å². The molecule has 2 atom stereocenters. The quantitative estimate of drug-likeness (QED) is 0.904. The van der Waals surface area contributed by atoms with Gasteiger partial charge in [-0.3, -0.25) is 9.58 Å². The SMILES string of the molecule is CCCN(Cc1c(C)nn(C)c1C)C1CC2CCC(C1)N2. The number of aryl methyl sites for hydroxylation is 2. The molecule has 3 rings (SSSR count). The first-order chi connectivity index (χ1) is 10.1. The molecule has 1 N–H and O–H groups in total. The first-order valence-corrected chi connectivity index (χ1v) is 8.57. The normalized spacial score (nSPS) is 28.5. The van der Waals surface area contributed by atoms with E-state index in [1.165, 1.54) is 55.6 Å². The summed E-state index contributed by atoms with van der Waals surface area (Å²) in [6.45, 7) is 8.93. The predicted molar refractivity (Wildman–Crippen MR) is 86.4 cm³/mol. The number of rotatable bonds is 5. The van der Waals surface area contributed by atoms with Gasteiger partial charge >= 0.3 is 0 Å². The van der Waals surface area contributed by atoms with Crippen molar-refractivity contribution in [3.63, 3.8) is 0 Å². The van der Waals surface area contributed by atoms with E-state index < -0.39 is 0 Å². The van der Waals surface area contributed by atoms with Gasteiger partial charge in [-0.1, -0.05) is 6.92 Å². The van der Waals surface area contributed by atoms with Gasteiger partial charge in [0.2, 0.25) is 0 Å². The fraction of sp³-hybridized carbons (Fsp3) is 0.824. The van der Waals surface area contributed by atoms with Crippen LogP contribution in [0.4, 0.5) is 0 Å². The minimum atomic E-state index is 0.753. The Balaban J connectivity index is 1.75. The summed E-state index contributed by atoms with van der Waals surface area (Å²) < 4.78 is 2.03. The van der Waals surface area contributed by atoms with Crippen molar-refractivity contribution in [1.29, 1.82) is 0 Å². The van der Waals surface area contributed by atoms with Crippen LogP contribution in [0.3, 0.4) is 0 Å². The minimum absolute atomic E-state index is 0.753. The van der Waals surface area contributed by atoms with Crippen LogP contribution >= 0.6 is 0 Å². The summed E-state index contributed by atoms with van der Waals surface area (Å²) in [5.41, 5.74) is 3.97. The first kappa shape index (κ1) is 15.0. The Hall–Kier alpha value is -0.870. The average Bonchev–Trinajstić information content (AvgIpc) is 2.91. The van der Waals surface area contributed by atoms with E-state index in [2.05, 4.69) is 43.1 Å². The van der Waals surface area contributed by atoms with Crippen molar-refractivity contribution in [3.8, 4) is 0 Å². The molecule has 0 aromatic carbocycles. The molecule has 21 heavy (non-hydrogen) atoms. The van der Waals surface area contributed by atoms with E-state index in [4.69, 9.17) is 0 Å². The fourth-order valence-electron chi connectivity index (χ4n) is 4.25. The molecule has 1 aromatic heterocycles. The van der Waals surface area contributed by atoms with Crippen molar-refractivity contribution >= 4 is 0 Å². The molecule has 0 aliphatic carbocycles. The Morgan fingerprint density at radius 3 is 2.43 bits per heavy atom. The molecular formula is C17H30N4. The Morgan fingerprint density at radius 1 is 1.24 bits per heavy atom. The topological polar surface area (TPSA) is 33.1 Å². The van der Waals surface area contributed by atoms with Gasteiger partial charge in [0.1, 0.15) is 0 Å². The molecule has 2 saturated heterocycles. The highest BCUT2D eigenvalue weighted by Crippen LogP contribution is 2.31. The highest BCUT2D eigenvalue weighted by atomic mass is 15.3. The van der Waals surface area contributed by atoms with Gasteiger partial charge < -0.3 is 5.32 Å². The van der Waals surface area contributed by atoms with Gasteiger partial charge in [0.25, 0.3) is 0 Å². The molecule has 2 unspecified atom stereocenters. The number of hydrogen-bond donors (Lipinski definition) is 1. The van der Waals surface area contributed by atoms with E-state index in [0.717, 1.165) is 24.7 Å². The van der Waals surface area contributed by atoms with E-state index in [9.17, 15) is 0 Å². The summed E-state index contributed by atoms with van der Waals surface area (Å²) >= 11 is 0. The second-order valence-electron chi connectivity index (χ2n) is 7.01. The summed E-state index contributed by atoms with van der Waals surface area (Å²) in [7, 11) is 2.06. The fourth-order valence-corrected chi connectivity index (χ4v) is 4.25. The van der Waals surface area contributed by atoms with E-state index in [0.29, 0.717) is 0 Å². The van der Waals surface area contributed by atoms with Gasteiger partial charge in [-0.25, -0.2) is 0 Å². The zero-order chi connectivity index (χ0) is 15.0. The van der Waals surface area contributed by atoms with E-state index >= 15 is 0 Å². The Bertz CT molecular complexity index is 481. The number of piperidine rings is 1. The van der Waals surface area contributed by atoms with Crippen molar-refractivity contribution < 1.29 is 0 Å². The zero-order valence-electron chi connectivity index (χ0n) is 14.0. The number of hydrogen-bond acceptors (Lipinski definition) is 3. The molecule has 3 heterocycles. The van der Waals surface area contributed by atoms with Gasteiger partial charge in [-0.15, -0.1) is 0 Å². The van der Waals surface area contributed by atoms with Crippen molar-refractivity contribution in [2.75, 3.05) is 6.54 Å². The minimum Gasteiger partial charge on any atom is -0.311 e. The molecule has 2 aliphatic heterocycles. The van der Waals surface area contributed by atoms with Crippen LogP contribution in [-0.2, 0) is 13.6 Å². The Labute approximate surface area is 128 Å². The lowest BCUT2D eigenvalue weighted by atomic mass is 9.97. The molecule has 0 spiro atoms. The molecule has 2 aliphatic rings. The molecule has 118 valence electrons. The third kappa shape index (κ3) is 3.02. The van der Waals surface area contributed by atoms with Crippen LogP contribution in [0.5, 0.6) is 0 Å². The second-order valence-corrected chi connectivity index (χ2v) is 7.01. The Morgan fingerprint density at radius 2 is 1.90 bits per heavy atom. The second kappa shape index (κ2) is 6.09. The number of aromatic nitrogens is 2. The molecular weight excluding hydrogens is 260 g/mol. The lowest BCUT2D eigenvalue weighted by Crippen LogP contribution is -2.48. The van der Waals surface area contributed by atoms with Crippen molar-refractivity contribution in [2.24, 2.45) is 7.05 Å². The summed E-state index contributed by atoms with van der Waals surface area (Å²) in [6, 6.07) is 2.29. The maximum absolute atomic E-state index is 4.59. The van der Waals surface area contributed by atoms with Crippen LogP contribution < -0.4 is 5.32 Å². The van der Waals surface area contributed by atoms with Crippen LogP contribution in [0.15, 0.2) is 0 Å². The summed E-state index contributed by atoms with van der Waals surface area (Å²) in [5.74, 6) is 0. The number of nitrogens with one attached hydrogen (secondary N) is 1. The highest BCUT2D eigenvalue weighted by molar-refractivity contribution is 5.24. The lowest BCUT2D eigenvalue weighted by Gasteiger charge is -2.38. The maximum atomic E-state index is 4.59. The molecule has 0 radical (unpaired) electrons. The molecule has 2 fully saturated rings. The van der Waals surface area contributed by atoms with Crippen LogP contribution in [0.2, 0.25) is 0 Å². The first-order valence-electron chi connectivity index (χ1n) is 8.57. The number of fused-ring (bicyclic) bond motifs is 2. The molecule has 4 heteroatoms. The van der Waals surface area contributed by atoms with Crippen LogP contribution in [0, 0.1) is 13.8 Å². The molecule has 4 nitrogen and oxygen atoms in total. The van der Waals surface area contributed by atoms with Gasteiger partial charge in [0.05, 0.1) is 5.69 Å². The zero-order valence-corrected chi connectivity index (χ0v) is 14.0. The van der Waals surface area contributed by atoms with Gasteiger partial charge in [0.15, 0.2) is 0 Å². The van der Waals surface area contributed by atoms with E-state index in [1.54, 1.807) is 0 Å². The van der Waals surface area contributed by atoms with Gasteiger partial charge in [-0.05, 0) is 52.5 Å². The third-order valence-electron chi connectivity index (χ3n) is 5.50. The van der Waals surface area contributed by atoms with Gasteiger partial charge in [-0.2, -0.15) is 5.10 Å². The van der Waals surface area contributed by atoms with Crippen molar-refractivity contribution in [3.05, 3.63) is 17.0 Å².